The molecule has 3 aliphatic carbocycles. The summed E-state index contributed by atoms with van der Waals surface area (Å²) in [5.41, 5.74) is 10.1. The molecule has 3 fully saturated rings. The second kappa shape index (κ2) is 30.5. The summed E-state index contributed by atoms with van der Waals surface area (Å²) in [6.45, 7) is 16.6. The summed E-state index contributed by atoms with van der Waals surface area (Å²) in [6.07, 6.45) is 21.5. The highest BCUT2D eigenvalue weighted by Crippen LogP contribution is 2.31. The standard InChI is InChI=1S/2C25H34O3S.C23H30O3S/c1-25(2,3)29(26,27)19-22-16-13-20(14-17-22)12-15-21-8-7-11-24(18-21)28-23-9-5-4-6-10-23;1-25(2,3)29(26,27)19-22-13-11-20(12-14-22)9-10-21-15-17-24(18-16-21)28-23-7-5-4-6-8-23;1-23(2,3)27(24,25)17-21-10-6-18(7-11-21)4-5-19-12-14-22(15-13-19)26-16-20-8-9-20/h7-8,11,13-14,16-18,23H,4-6,9-10,12,15,19H2,1-3H3;11-18,23H,4-10,19H2,1-3H3;6-7,10-15,20H,4-5,8-9,16-17H2,1-3H3. The molecule has 6 aromatic carbocycles. The molecule has 0 radical (unpaired) electrons. The van der Waals surface area contributed by atoms with E-state index in [2.05, 4.69) is 84.9 Å². The van der Waals surface area contributed by atoms with E-state index < -0.39 is 43.8 Å². The Kier molecular flexibility index (Phi) is 24.0. The van der Waals surface area contributed by atoms with Gasteiger partial charge in [0.1, 0.15) is 17.2 Å². The molecule has 0 saturated heterocycles. The van der Waals surface area contributed by atoms with Gasteiger partial charge in [-0.1, -0.05) is 122 Å². The second-order valence-electron chi connectivity index (χ2n) is 27.0. The number of ether oxygens (including phenoxy) is 3. The molecule has 0 atom stereocenters. The molecule has 12 heteroatoms. The molecule has 0 aliphatic heterocycles. The molecule has 0 bridgehead atoms. The smallest absolute Gasteiger partial charge is 0.159 e. The Hall–Kier alpha value is -5.43. The topological polar surface area (TPSA) is 130 Å². The summed E-state index contributed by atoms with van der Waals surface area (Å²) in [6, 6.07) is 49.3. The number of rotatable bonds is 22. The van der Waals surface area contributed by atoms with Crippen LogP contribution in [0.5, 0.6) is 17.2 Å². The molecule has 9 nitrogen and oxygen atoms in total. The summed E-state index contributed by atoms with van der Waals surface area (Å²) in [5.74, 6) is 3.97. The fraction of sp³-hybridized carbons (Fsp3) is 0.507. The summed E-state index contributed by atoms with van der Waals surface area (Å²) in [5, 5.41) is 0. The first-order chi connectivity index (χ1) is 40.2. The van der Waals surface area contributed by atoms with Crippen molar-refractivity contribution in [3.05, 3.63) is 196 Å². The first-order valence-electron chi connectivity index (χ1n) is 31.3. The lowest BCUT2D eigenvalue weighted by molar-refractivity contribution is 0.155. The zero-order valence-corrected chi connectivity index (χ0v) is 55.0. The monoisotopic (exact) mass is 1210 g/mol. The molecule has 85 heavy (non-hydrogen) atoms. The number of aryl methyl sites for hydroxylation is 6. The maximum atomic E-state index is 12.4. The van der Waals surface area contributed by atoms with Crippen LogP contribution in [0.15, 0.2) is 146 Å². The Morgan fingerprint density at radius 2 is 0.624 bits per heavy atom. The highest BCUT2D eigenvalue weighted by Gasteiger charge is 2.31. The summed E-state index contributed by atoms with van der Waals surface area (Å²) in [7, 11) is -9.44. The Labute approximate surface area is 512 Å². The van der Waals surface area contributed by atoms with Crippen molar-refractivity contribution < 1.29 is 39.5 Å². The van der Waals surface area contributed by atoms with Gasteiger partial charge in [-0.2, -0.15) is 0 Å². The van der Waals surface area contributed by atoms with E-state index >= 15 is 0 Å². The fourth-order valence-corrected chi connectivity index (χ4v) is 13.3. The van der Waals surface area contributed by atoms with Crippen molar-refractivity contribution in [2.75, 3.05) is 6.61 Å². The van der Waals surface area contributed by atoms with E-state index in [1.165, 1.54) is 110 Å². The molecular formula is C73H98O9S3. The summed E-state index contributed by atoms with van der Waals surface area (Å²) < 4.78 is 90.0. The van der Waals surface area contributed by atoms with Crippen molar-refractivity contribution in [2.45, 2.75) is 222 Å². The normalized spacial score (nSPS) is 15.6. The molecule has 6 aromatic rings. The minimum Gasteiger partial charge on any atom is -0.493 e. The quantitative estimate of drug-likeness (QED) is 0.0652. The van der Waals surface area contributed by atoms with Gasteiger partial charge in [-0.3, -0.25) is 0 Å². The predicted octanol–water partition coefficient (Wildman–Crippen LogP) is 16.8. The number of hydrogen-bond donors (Lipinski definition) is 0. The lowest BCUT2D eigenvalue weighted by Gasteiger charge is -2.23. The van der Waals surface area contributed by atoms with E-state index in [1.54, 1.807) is 62.3 Å². The van der Waals surface area contributed by atoms with Gasteiger partial charge in [-0.25, -0.2) is 25.3 Å². The van der Waals surface area contributed by atoms with Gasteiger partial charge in [-0.05, 0) is 257 Å². The van der Waals surface area contributed by atoms with Crippen LogP contribution in [0.3, 0.4) is 0 Å². The van der Waals surface area contributed by atoms with Gasteiger partial charge >= 0.3 is 0 Å². The third-order valence-electron chi connectivity index (χ3n) is 16.7. The highest BCUT2D eigenvalue weighted by atomic mass is 32.2. The Morgan fingerprint density at radius 3 is 0.953 bits per heavy atom. The van der Waals surface area contributed by atoms with Gasteiger partial charge in [-0.15, -0.1) is 0 Å². The van der Waals surface area contributed by atoms with E-state index in [0.29, 0.717) is 12.2 Å². The summed E-state index contributed by atoms with van der Waals surface area (Å²) in [4.78, 5) is 0. The van der Waals surface area contributed by atoms with Gasteiger partial charge < -0.3 is 14.2 Å². The molecule has 3 saturated carbocycles. The SMILES string of the molecule is CC(C)(C)S(=O)(=O)Cc1ccc(CCc2ccc(OC3CCCCC3)cc2)cc1.CC(C)(C)S(=O)(=O)Cc1ccc(CCc2ccc(OCC3CC3)cc2)cc1.CC(C)(C)S(=O)(=O)Cc1ccc(CCc2cccc(OC3CCCCC3)c2)cc1. The Morgan fingerprint density at radius 1 is 0.329 bits per heavy atom. The minimum atomic E-state index is -3.15. The van der Waals surface area contributed by atoms with Crippen molar-refractivity contribution in [2.24, 2.45) is 5.92 Å². The minimum absolute atomic E-state index is 0.0946. The van der Waals surface area contributed by atoms with Crippen molar-refractivity contribution in [3.63, 3.8) is 0 Å². The third-order valence-corrected chi connectivity index (χ3v) is 24.4. The van der Waals surface area contributed by atoms with Crippen molar-refractivity contribution in [1.82, 2.24) is 0 Å². The maximum Gasteiger partial charge on any atom is 0.159 e. The first-order valence-corrected chi connectivity index (χ1v) is 36.3. The van der Waals surface area contributed by atoms with Gasteiger partial charge in [0.25, 0.3) is 0 Å². The Balaban J connectivity index is 0.000000183. The average molecular weight is 1220 g/mol. The number of hydrogen-bond acceptors (Lipinski definition) is 9. The highest BCUT2D eigenvalue weighted by molar-refractivity contribution is 7.92. The molecule has 0 N–H and O–H groups in total. The number of benzene rings is 6. The van der Waals surface area contributed by atoms with Crippen LogP contribution in [0.2, 0.25) is 0 Å². The average Bonchev–Trinajstić information content (AvgIpc) is 4.16. The lowest BCUT2D eigenvalue weighted by atomic mass is 9.97. The van der Waals surface area contributed by atoms with Crippen LogP contribution in [-0.4, -0.2) is 58.3 Å². The molecule has 0 spiro atoms. The molecule has 9 rings (SSSR count). The van der Waals surface area contributed by atoms with Crippen molar-refractivity contribution in [3.8, 4) is 17.2 Å². The predicted molar refractivity (Wildman–Crippen MR) is 351 cm³/mol. The van der Waals surface area contributed by atoms with Gasteiger partial charge in [0.05, 0.1) is 50.3 Å². The van der Waals surface area contributed by atoms with E-state index in [4.69, 9.17) is 14.2 Å². The van der Waals surface area contributed by atoms with E-state index in [-0.39, 0.29) is 17.3 Å². The van der Waals surface area contributed by atoms with Crippen LogP contribution in [-0.2, 0) is 85.3 Å². The van der Waals surface area contributed by atoms with Gasteiger partial charge in [0.2, 0.25) is 0 Å². The Bertz CT molecular complexity index is 3320. The zero-order chi connectivity index (χ0) is 61.3. The van der Waals surface area contributed by atoms with Crippen LogP contribution in [0, 0.1) is 5.92 Å². The zero-order valence-electron chi connectivity index (χ0n) is 52.5. The van der Waals surface area contributed by atoms with Gasteiger partial charge in [0, 0.05) is 0 Å². The third kappa shape index (κ3) is 22.3. The number of sulfone groups is 3. The van der Waals surface area contributed by atoms with Crippen LogP contribution in [0.1, 0.15) is 189 Å². The van der Waals surface area contributed by atoms with E-state index in [0.717, 1.165) is 85.0 Å². The molecule has 462 valence electrons. The van der Waals surface area contributed by atoms with Crippen LogP contribution in [0.4, 0.5) is 0 Å². The van der Waals surface area contributed by atoms with Crippen molar-refractivity contribution >= 4 is 29.5 Å². The van der Waals surface area contributed by atoms with Crippen LogP contribution in [0.25, 0.3) is 0 Å². The first kappa shape index (κ1) is 67.1. The maximum absolute atomic E-state index is 12.4. The van der Waals surface area contributed by atoms with E-state index in [1.807, 2.05) is 60.7 Å². The van der Waals surface area contributed by atoms with Crippen LogP contribution >= 0.6 is 0 Å². The molecule has 0 aromatic heterocycles. The van der Waals surface area contributed by atoms with E-state index in [9.17, 15) is 25.3 Å². The van der Waals surface area contributed by atoms with Gasteiger partial charge in [0.15, 0.2) is 29.5 Å². The molecule has 3 aliphatic rings. The lowest BCUT2D eigenvalue weighted by Crippen LogP contribution is -2.29. The second-order valence-corrected chi connectivity index (χ2v) is 35.2. The largest absolute Gasteiger partial charge is 0.493 e. The molecule has 0 amide bonds. The van der Waals surface area contributed by atoms with Crippen LogP contribution < -0.4 is 14.2 Å². The molecule has 0 unspecified atom stereocenters. The molecular weight excluding hydrogens is 1120 g/mol. The molecule has 0 heterocycles. The summed E-state index contributed by atoms with van der Waals surface area (Å²) >= 11 is 0. The van der Waals surface area contributed by atoms with Crippen molar-refractivity contribution in [1.29, 1.82) is 0 Å². The fourth-order valence-electron chi connectivity index (χ4n) is 10.1.